The Morgan fingerprint density at radius 3 is 0.924 bits per heavy atom. The summed E-state index contributed by atoms with van der Waals surface area (Å²) in [7, 11) is 0. The molecule has 0 spiro atoms. The molecule has 384 valence electrons. The zero-order valence-corrected chi connectivity index (χ0v) is 44.0. The molecule has 66 heavy (non-hydrogen) atoms. The Balaban J connectivity index is 4.33. The van der Waals surface area contributed by atoms with E-state index in [0.29, 0.717) is 19.3 Å². The predicted molar refractivity (Wildman–Crippen MR) is 284 cm³/mol. The average molecular weight is 926 g/mol. The molecule has 0 unspecified atom stereocenters. The van der Waals surface area contributed by atoms with Crippen molar-refractivity contribution >= 4 is 17.9 Å². The standard InChI is InChI=1S/C60H108O6/c1-4-7-10-13-16-19-22-25-27-29-30-32-34-36-39-41-44-47-50-53-59(62)65-56-57(66-60(63)54-51-48-45-42-37-24-21-18-15-12-9-6-3)55-64-58(61)52-49-46-43-40-38-35-33-31-28-26-23-20-17-14-11-8-5-2/h8,11,17,20,26,28,33,35,57H,4-7,9-10,12-16,18-19,21-25,27,29-32,34,36-56H2,1-3H3/b11-8-,20-17-,28-26-,35-33-/t57-/m1/s1. The van der Waals surface area contributed by atoms with Crippen molar-refractivity contribution < 1.29 is 28.6 Å². The number of rotatable bonds is 52. The highest BCUT2D eigenvalue weighted by Gasteiger charge is 2.19. The van der Waals surface area contributed by atoms with Crippen molar-refractivity contribution in [2.75, 3.05) is 13.2 Å². The second-order valence-electron chi connectivity index (χ2n) is 19.2. The molecule has 0 saturated carbocycles. The molecule has 0 N–H and O–H groups in total. The number of esters is 3. The Morgan fingerprint density at radius 2 is 0.591 bits per heavy atom. The molecular formula is C60H108O6. The zero-order chi connectivity index (χ0) is 47.9. The van der Waals surface area contributed by atoms with Crippen molar-refractivity contribution in [3.05, 3.63) is 48.6 Å². The van der Waals surface area contributed by atoms with E-state index in [1.807, 2.05) is 0 Å². The molecule has 0 heterocycles. The summed E-state index contributed by atoms with van der Waals surface area (Å²) >= 11 is 0. The second-order valence-corrected chi connectivity index (χ2v) is 19.2. The summed E-state index contributed by atoms with van der Waals surface area (Å²) < 4.78 is 16.8. The van der Waals surface area contributed by atoms with E-state index in [2.05, 4.69) is 69.4 Å². The zero-order valence-electron chi connectivity index (χ0n) is 44.0. The number of carbonyl (C=O) groups is 3. The molecule has 1 atom stereocenters. The fourth-order valence-corrected chi connectivity index (χ4v) is 8.32. The van der Waals surface area contributed by atoms with Crippen LogP contribution in [-0.2, 0) is 28.6 Å². The summed E-state index contributed by atoms with van der Waals surface area (Å²) in [6.07, 6.45) is 66.7. The molecule has 0 amide bonds. The number of hydrogen-bond acceptors (Lipinski definition) is 6. The summed E-state index contributed by atoms with van der Waals surface area (Å²) in [6, 6.07) is 0. The highest BCUT2D eigenvalue weighted by molar-refractivity contribution is 5.71. The summed E-state index contributed by atoms with van der Waals surface area (Å²) in [6.45, 7) is 6.54. The smallest absolute Gasteiger partial charge is 0.306 e. The van der Waals surface area contributed by atoms with Gasteiger partial charge in [-0.3, -0.25) is 14.4 Å². The quantitative estimate of drug-likeness (QED) is 0.0262. The number of allylic oxidation sites excluding steroid dienone is 8. The van der Waals surface area contributed by atoms with Crippen LogP contribution in [0.3, 0.4) is 0 Å². The van der Waals surface area contributed by atoms with Crippen molar-refractivity contribution in [2.45, 2.75) is 303 Å². The molecule has 0 aromatic rings. The molecule has 6 heteroatoms. The van der Waals surface area contributed by atoms with Crippen molar-refractivity contribution in [1.29, 1.82) is 0 Å². The Morgan fingerprint density at radius 1 is 0.318 bits per heavy atom. The maximum Gasteiger partial charge on any atom is 0.306 e. The SMILES string of the molecule is CC/C=C\C/C=C\C/C=C\C/C=C\CCCCCCC(=O)OC[C@H](COC(=O)CCCCCCCCCCCCCCCCCCCCC)OC(=O)CCCCCCCCCCCCCC. The van der Waals surface area contributed by atoms with Gasteiger partial charge in [0.1, 0.15) is 13.2 Å². The van der Waals surface area contributed by atoms with Crippen LogP contribution in [0.15, 0.2) is 48.6 Å². The van der Waals surface area contributed by atoms with Crippen LogP contribution < -0.4 is 0 Å². The molecule has 0 radical (unpaired) electrons. The van der Waals surface area contributed by atoms with Gasteiger partial charge in [0, 0.05) is 19.3 Å². The van der Waals surface area contributed by atoms with Crippen molar-refractivity contribution in [2.24, 2.45) is 0 Å². The van der Waals surface area contributed by atoms with Gasteiger partial charge in [0.15, 0.2) is 6.10 Å². The van der Waals surface area contributed by atoms with Gasteiger partial charge in [-0.15, -0.1) is 0 Å². The minimum absolute atomic E-state index is 0.0767. The van der Waals surface area contributed by atoms with E-state index in [1.54, 1.807) is 0 Å². The largest absolute Gasteiger partial charge is 0.462 e. The number of carbonyl (C=O) groups excluding carboxylic acids is 3. The van der Waals surface area contributed by atoms with E-state index in [9.17, 15) is 14.4 Å². The molecule has 0 aliphatic carbocycles. The minimum Gasteiger partial charge on any atom is -0.462 e. The van der Waals surface area contributed by atoms with Crippen LogP contribution >= 0.6 is 0 Å². The third-order valence-corrected chi connectivity index (χ3v) is 12.6. The monoisotopic (exact) mass is 925 g/mol. The Bertz CT molecular complexity index is 1150. The lowest BCUT2D eigenvalue weighted by Crippen LogP contribution is -2.30. The molecule has 0 fully saturated rings. The summed E-state index contributed by atoms with van der Waals surface area (Å²) in [5.74, 6) is -0.886. The van der Waals surface area contributed by atoms with Gasteiger partial charge in [-0.25, -0.2) is 0 Å². The molecule has 6 nitrogen and oxygen atoms in total. The van der Waals surface area contributed by atoms with Crippen LogP contribution in [0.25, 0.3) is 0 Å². The average Bonchev–Trinajstić information content (AvgIpc) is 3.31. The van der Waals surface area contributed by atoms with Crippen LogP contribution in [0, 0.1) is 0 Å². The lowest BCUT2D eigenvalue weighted by molar-refractivity contribution is -0.167. The van der Waals surface area contributed by atoms with Crippen LogP contribution in [0.1, 0.15) is 297 Å². The molecule has 0 saturated heterocycles. The van der Waals surface area contributed by atoms with Crippen LogP contribution in [-0.4, -0.2) is 37.2 Å². The Hall–Kier alpha value is -2.63. The summed E-state index contributed by atoms with van der Waals surface area (Å²) in [5.41, 5.74) is 0. The highest BCUT2D eigenvalue weighted by Crippen LogP contribution is 2.17. The van der Waals surface area contributed by atoms with Gasteiger partial charge in [0.25, 0.3) is 0 Å². The van der Waals surface area contributed by atoms with Gasteiger partial charge in [0.2, 0.25) is 0 Å². The second kappa shape index (κ2) is 55.0. The maximum atomic E-state index is 12.8. The molecule has 0 bridgehead atoms. The van der Waals surface area contributed by atoms with Crippen LogP contribution in [0.4, 0.5) is 0 Å². The van der Waals surface area contributed by atoms with Gasteiger partial charge in [-0.05, 0) is 57.8 Å². The van der Waals surface area contributed by atoms with Gasteiger partial charge in [0.05, 0.1) is 0 Å². The number of ether oxygens (including phenoxy) is 3. The van der Waals surface area contributed by atoms with Crippen LogP contribution in [0.5, 0.6) is 0 Å². The molecule has 0 aliphatic heterocycles. The molecule has 0 aromatic heterocycles. The number of unbranched alkanes of at least 4 members (excludes halogenated alkanes) is 33. The lowest BCUT2D eigenvalue weighted by Gasteiger charge is -2.18. The van der Waals surface area contributed by atoms with E-state index >= 15 is 0 Å². The summed E-state index contributed by atoms with van der Waals surface area (Å²) in [4.78, 5) is 38.1. The number of hydrogen-bond donors (Lipinski definition) is 0. The van der Waals surface area contributed by atoms with Gasteiger partial charge in [-0.1, -0.05) is 268 Å². The normalized spacial score (nSPS) is 12.3. The highest BCUT2D eigenvalue weighted by atomic mass is 16.6. The van der Waals surface area contributed by atoms with E-state index in [-0.39, 0.29) is 31.1 Å². The fourth-order valence-electron chi connectivity index (χ4n) is 8.32. The van der Waals surface area contributed by atoms with Crippen molar-refractivity contribution in [1.82, 2.24) is 0 Å². The summed E-state index contributed by atoms with van der Waals surface area (Å²) in [5, 5.41) is 0. The lowest BCUT2D eigenvalue weighted by atomic mass is 10.0. The first-order valence-electron chi connectivity index (χ1n) is 28.6. The van der Waals surface area contributed by atoms with E-state index < -0.39 is 6.10 Å². The van der Waals surface area contributed by atoms with Gasteiger partial charge in [-0.2, -0.15) is 0 Å². The first kappa shape index (κ1) is 63.4. The van der Waals surface area contributed by atoms with Gasteiger partial charge < -0.3 is 14.2 Å². The van der Waals surface area contributed by atoms with E-state index in [0.717, 1.165) is 96.3 Å². The first-order chi connectivity index (χ1) is 32.5. The third-order valence-electron chi connectivity index (χ3n) is 12.6. The Labute approximate surface area is 409 Å². The van der Waals surface area contributed by atoms with Crippen LogP contribution in [0.2, 0.25) is 0 Å². The molecule has 0 aliphatic rings. The first-order valence-corrected chi connectivity index (χ1v) is 28.6. The molecule has 0 aromatic carbocycles. The van der Waals surface area contributed by atoms with Crippen molar-refractivity contribution in [3.63, 3.8) is 0 Å². The maximum absolute atomic E-state index is 12.8. The Kier molecular flexibility index (Phi) is 52.8. The molecule has 0 rings (SSSR count). The molecular weight excluding hydrogens is 817 g/mol. The minimum atomic E-state index is -0.779. The van der Waals surface area contributed by atoms with Gasteiger partial charge >= 0.3 is 17.9 Å². The fraction of sp³-hybridized carbons (Fsp3) is 0.817. The predicted octanol–water partition coefficient (Wildman–Crippen LogP) is 19.0. The topological polar surface area (TPSA) is 78.9 Å². The van der Waals surface area contributed by atoms with E-state index in [1.165, 1.54) is 161 Å². The third kappa shape index (κ3) is 52.3. The van der Waals surface area contributed by atoms with Crippen molar-refractivity contribution in [3.8, 4) is 0 Å². The van der Waals surface area contributed by atoms with E-state index in [4.69, 9.17) is 14.2 Å².